The van der Waals surface area contributed by atoms with Gasteiger partial charge in [0.1, 0.15) is 5.69 Å². The summed E-state index contributed by atoms with van der Waals surface area (Å²) in [4.78, 5) is 23.2. The third-order valence-corrected chi connectivity index (χ3v) is 4.38. The van der Waals surface area contributed by atoms with Crippen molar-refractivity contribution in [3.05, 3.63) is 47.8 Å². The Morgan fingerprint density at radius 2 is 1.80 bits per heavy atom. The first-order chi connectivity index (χ1) is 11.8. The van der Waals surface area contributed by atoms with Crippen molar-refractivity contribution in [2.45, 2.75) is 6.04 Å². The average molecular weight is 367 g/mol. The van der Waals surface area contributed by atoms with Gasteiger partial charge in [0.15, 0.2) is 6.29 Å². The van der Waals surface area contributed by atoms with E-state index in [0.717, 1.165) is 0 Å². The van der Waals surface area contributed by atoms with Crippen LogP contribution in [0.3, 0.4) is 0 Å². The number of rotatable bonds is 7. The summed E-state index contributed by atoms with van der Waals surface area (Å²) in [6.45, 7) is -0.797. The van der Waals surface area contributed by atoms with Gasteiger partial charge in [0.2, 0.25) is 0 Å². The highest BCUT2D eigenvalue weighted by Gasteiger charge is 2.17. The van der Waals surface area contributed by atoms with Gasteiger partial charge in [-0.1, -0.05) is 12.1 Å². The Kier molecular flexibility index (Phi) is 5.69. The Morgan fingerprint density at radius 1 is 1.20 bits per heavy atom. The summed E-state index contributed by atoms with van der Waals surface area (Å²) in [6, 6.07) is 6.68. The van der Waals surface area contributed by atoms with Crippen LogP contribution in [0.1, 0.15) is 20.8 Å². The molecule has 2 rings (SSSR count). The fourth-order valence-corrected chi connectivity index (χ4v) is 2.87. The predicted octanol–water partition coefficient (Wildman–Crippen LogP) is -0.898. The number of nitrogens with one attached hydrogen (secondary N) is 1. The lowest BCUT2D eigenvalue weighted by atomic mass is 10.0. The first-order valence-corrected chi connectivity index (χ1v) is 8.65. The molecule has 0 saturated heterocycles. The molecule has 0 aliphatic carbocycles. The molecule has 1 heterocycles. The average Bonchev–Trinajstić information content (AvgIpc) is 3.04. The van der Waals surface area contributed by atoms with E-state index < -0.39 is 35.4 Å². The zero-order chi connectivity index (χ0) is 18.6. The fraction of sp³-hybridized carbons (Fsp3) is 0.200. The molecule has 1 aromatic heterocycles. The molecule has 0 radical (unpaired) electrons. The SMILES string of the molecule is NS(=O)(=O)n1ccc(-c2ccc(C(=O)NC(CO)CO)cc2)c1C=O. The smallest absolute Gasteiger partial charge is 0.302 e. The summed E-state index contributed by atoms with van der Waals surface area (Å²) in [5.74, 6) is -0.489. The van der Waals surface area contributed by atoms with Crippen LogP contribution in [0.15, 0.2) is 36.5 Å². The monoisotopic (exact) mass is 367 g/mol. The van der Waals surface area contributed by atoms with Gasteiger partial charge in [-0.25, -0.2) is 9.11 Å². The minimum absolute atomic E-state index is 0.125. The number of carbonyl (C=O) groups excluding carboxylic acids is 2. The lowest BCUT2D eigenvalue weighted by molar-refractivity contribution is 0.0879. The first kappa shape index (κ1) is 18.8. The van der Waals surface area contributed by atoms with Gasteiger partial charge in [-0.05, 0) is 23.8 Å². The lowest BCUT2D eigenvalue weighted by Crippen LogP contribution is -2.40. The van der Waals surface area contributed by atoms with E-state index in [1.165, 1.54) is 36.5 Å². The van der Waals surface area contributed by atoms with Gasteiger partial charge < -0.3 is 15.5 Å². The Bertz CT molecular complexity index is 869. The zero-order valence-electron chi connectivity index (χ0n) is 13.0. The maximum atomic E-state index is 12.0. The Labute approximate surface area is 143 Å². The predicted molar refractivity (Wildman–Crippen MR) is 89.2 cm³/mol. The van der Waals surface area contributed by atoms with Gasteiger partial charge in [0, 0.05) is 17.3 Å². The molecule has 1 amide bonds. The van der Waals surface area contributed by atoms with E-state index in [-0.39, 0.29) is 11.3 Å². The topological polar surface area (TPSA) is 152 Å². The lowest BCUT2D eigenvalue weighted by Gasteiger charge is -2.13. The van der Waals surface area contributed by atoms with Crippen LogP contribution in [0, 0.1) is 0 Å². The molecular formula is C15H17N3O6S. The summed E-state index contributed by atoms with van der Waals surface area (Å²) in [5.41, 5.74) is 1.01. The van der Waals surface area contributed by atoms with Crippen molar-refractivity contribution in [3.8, 4) is 11.1 Å². The minimum atomic E-state index is -4.10. The highest BCUT2D eigenvalue weighted by atomic mass is 32.2. The van der Waals surface area contributed by atoms with Gasteiger partial charge in [-0.2, -0.15) is 8.42 Å². The molecule has 0 spiro atoms. The van der Waals surface area contributed by atoms with Gasteiger partial charge in [0.05, 0.1) is 19.3 Å². The maximum Gasteiger partial charge on any atom is 0.302 e. The Morgan fingerprint density at radius 3 is 2.28 bits per heavy atom. The summed E-state index contributed by atoms with van der Waals surface area (Å²) in [6.07, 6.45) is 1.55. The molecule has 25 heavy (non-hydrogen) atoms. The molecule has 0 fully saturated rings. The molecule has 0 aliphatic rings. The van der Waals surface area contributed by atoms with Crippen molar-refractivity contribution in [1.29, 1.82) is 0 Å². The van der Waals surface area contributed by atoms with Crippen molar-refractivity contribution in [2.24, 2.45) is 5.14 Å². The maximum absolute atomic E-state index is 12.0. The summed E-state index contributed by atoms with van der Waals surface area (Å²) >= 11 is 0. The summed E-state index contributed by atoms with van der Waals surface area (Å²) < 4.78 is 23.6. The van der Waals surface area contributed by atoms with E-state index >= 15 is 0 Å². The number of hydrogen-bond donors (Lipinski definition) is 4. The van der Waals surface area contributed by atoms with Crippen LogP contribution in [0.2, 0.25) is 0 Å². The van der Waals surface area contributed by atoms with Crippen molar-refractivity contribution >= 4 is 22.4 Å². The minimum Gasteiger partial charge on any atom is -0.394 e. The highest BCUT2D eigenvalue weighted by molar-refractivity contribution is 7.87. The number of aliphatic hydroxyl groups is 2. The van der Waals surface area contributed by atoms with Crippen molar-refractivity contribution in [2.75, 3.05) is 13.2 Å². The largest absolute Gasteiger partial charge is 0.394 e. The molecule has 0 bridgehead atoms. The molecule has 10 heteroatoms. The summed E-state index contributed by atoms with van der Waals surface area (Å²) in [5, 5.41) is 25.4. The van der Waals surface area contributed by atoms with Crippen LogP contribution in [-0.4, -0.2) is 54.1 Å². The molecule has 1 aromatic carbocycles. The number of nitrogens with zero attached hydrogens (tertiary/aromatic N) is 1. The fourth-order valence-electron chi connectivity index (χ4n) is 2.23. The van der Waals surface area contributed by atoms with E-state index in [1.807, 2.05) is 0 Å². The Hall–Kier alpha value is -2.53. The number of aldehydes is 1. The van der Waals surface area contributed by atoms with Gasteiger partial charge in [-0.3, -0.25) is 9.59 Å². The number of hydrogen-bond acceptors (Lipinski definition) is 6. The first-order valence-electron chi connectivity index (χ1n) is 7.14. The number of carbonyl (C=O) groups is 2. The molecule has 9 nitrogen and oxygen atoms in total. The van der Waals surface area contributed by atoms with Crippen LogP contribution < -0.4 is 10.5 Å². The van der Waals surface area contributed by atoms with Crippen molar-refractivity contribution in [1.82, 2.24) is 9.29 Å². The van der Waals surface area contributed by atoms with Crippen molar-refractivity contribution in [3.63, 3.8) is 0 Å². The van der Waals surface area contributed by atoms with Gasteiger partial charge in [0.25, 0.3) is 5.91 Å². The normalized spacial score (nSPS) is 11.5. The number of aromatic nitrogens is 1. The van der Waals surface area contributed by atoms with Gasteiger partial charge >= 0.3 is 10.2 Å². The second kappa shape index (κ2) is 7.57. The van der Waals surface area contributed by atoms with E-state index in [4.69, 9.17) is 15.4 Å². The van der Waals surface area contributed by atoms with E-state index in [1.54, 1.807) is 0 Å². The van der Waals surface area contributed by atoms with E-state index in [0.29, 0.717) is 21.4 Å². The number of benzene rings is 1. The van der Waals surface area contributed by atoms with Gasteiger partial charge in [-0.15, -0.1) is 0 Å². The molecule has 0 atom stereocenters. The molecule has 2 aromatic rings. The Balaban J connectivity index is 2.31. The van der Waals surface area contributed by atoms with Crippen LogP contribution in [0.25, 0.3) is 11.1 Å². The zero-order valence-corrected chi connectivity index (χ0v) is 13.8. The third-order valence-electron chi connectivity index (χ3n) is 3.51. The van der Waals surface area contributed by atoms with Crippen LogP contribution in [-0.2, 0) is 10.2 Å². The molecular weight excluding hydrogens is 350 g/mol. The third kappa shape index (κ3) is 4.12. The number of amides is 1. The van der Waals surface area contributed by atoms with Crippen LogP contribution >= 0.6 is 0 Å². The second-order valence-electron chi connectivity index (χ2n) is 5.19. The van der Waals surface area contributed by atoms with Crippen LogP contribution in [0.4, 0.5) is 0 Å². The number of nitrogens with two attached hydrogens (primary N) is 1. The molecule has 0 aliphatic heterocycles. The van der Waals surface area contributed by atoms with E-state index in [2.05, 4.69) is 5.32 Å². The highest BCUT2D eigenvalue weighted by Crippen LogP contribution is 2.25. The molecule has 5 N–H and O–H groups in total. The van der Waals surface area contributed by atoms with Crippen molar-refractivity contribution < 1.29 is 28.2 Å². The molecule has 0 saturated carbocycles. The quantitative estimate of drug-likeness (QED) is 0.466. The van der Waals surface area contributed by atoms with Crippen LogP contribution in [0.5, 0.6) is 0 Å². The number of aliphatic hydroxyl groups excluding tert-OH is 2. The second-order valence-corrected chi connectivity index (χ2v) is 6.61. The van der Waals surface area contributed by atoms with E-state index in [9.17, 15) is 18.0 Å². The summed E-state index contributed by atoms with van der Waals surface area (Å²) in [7, 11) is -4.10. The standard InChI is InChI=1S/C15H17N3O6S/c16-25(23,24)18-6-5-13(14(18)9-21)10-1-3-11(4-2-10)15(22)17-12(7-19)8-20/h1-6,9,12,19-20H,7-8H2,(H,17,22)(H2,16,23,24). The molecule has 0 unspecified atom stereocenters. The molecule has 134 valence electrons.